The second-order valence-corrected chi connectivity index (χ2v) is 16.0. The minimum atomic E-state index is -6.16. The maximum absolute atomic E-state index is 15.0. The molecule has 10 nitrogen and oxygen atoms in total. The average Bonchev–Trinajstić information content (AvgIpc) is 3.63. The Hall–Kier alpha value is -8.04. The van der Waals surface area contributed by atoms with E-state index >= 15 is 0 Å². The molecule has 2 N–H and O–H groups in total. The van der Waals surface area contributed by atoms with Crippen molar-refractivity contribution in [1.82, 2.24) is 4.90 Å². The average molecular weight is 989 g/mol. The topological polar surface area (TPSA) is 134 Å². The summed E-state index contributed by atoms with van der Waals surface area (Å²) < 4.78 is 191. The first-order valence-corrected chi connectivity index (χ1v) is 20.0. The summed E-state index contributed by atoms with van der Waals surface area (Å²) in [5, 5.41) is 20.6. The number of fused-ring (bicyclic) bond motifs is 2. The van der Waals surface area contributed by atoms with Crippen molar-refractivity contribution < 1.29 is 91.5 Å². The highest BCUT2D eigenvalue weighted by atomic mass is 19.4. The molecule has 0 aliphatic carbocycles. The van der Waals surface area contributed by atoms with Crippen molar-refractivity contribution in [2.24, 2.45) is 0 Å². The minimum absolute atomic E-state index is 0.0350. The zero-order valence-corrected chi connectivity index (χ0v) is 35.3. The fourth-order valence-corrected chi connectivity index (χ4v) is 8.51. The second kappa shape index (κ2) is 16.3. The number of aryl methyl sites for hydroxylation is 1. The van der Waals surface area contributed by atoms with Gasteiger partial charge in [-0.15, -0.1) is 0 Å². The molecule has 8 rings (SSSR count). The zero-order valence-electron chi connectivity index (χ0n) is 35.3. The zero-order chi connectivity index (χ0) is 51.3. The van der Waals surface area contributed by atoms with Crippen molar-refractivity contribution in [1.29, 1.82) is 0 Å². The highest BCUT2D eigenvalue weighted by Gasteiger charge is 2.74. The third-order valence-electron chi connectivity index (χ3n) is 11.9. The lowest BCUT2D eigenvalue weighted by molar-refractivity contribution is -0.290. The molecule has 0 saturated carbocycles. The molecule has 0 aromatic heterocycles. The van der Waals surface area contributed by atoms with E-state index in [1.807, 2.05) is 0 Å². The maximum Gasteiger partial charge on any atom is 0.411 e. The van der Waals surface area contributed by atoms with Gasteiger partial charge in [0.25, 0.3) is 23.6 Å². The molecule has 0 fully saturated rings. The summed E-state index contributed by atoms with van der Waals surface area (Å²) in [6.45, 7) is 1.05. The Labute approximate surface area is 385 Å². The number of hydrogen-bond acceptors (Lipinski definition) is 8. The van der Waals surface area contributed by atoms with Crippen molar-refractivity contribution in [3.05, 3.63) is 171 Å². The predicted molar refractivity (Wildman–Crippen MR) is 220 cm³/mol. The van der Waals surface area contributed by atoms with Crippen LogP contribution in [0.25, 0.3) is 0 Å². The Morgan fingerprint density at radius 3 is 1.19 bits per heavy atom. The Morgan fingerprint density at radius 1 is 0.400 bits per heavy atom. The van der Waals surface area contributed by atoms with E-state index in [1.54, 1.807) is 0 Å². The number of halogens is 12. The van der Waals surface area contributed by atoms with Crippen LogP contribution in [0.1, 0.15) is 69.2 Å². The van der Waals surface area contributed by atoms with Crippen LogP contribution in [-0.2, 0) is 10.8 Å². The van der Waals surface area contributed by atoms with E-state index in [0.717, 1.165) is 54.3 Å². The van der Waals surface area contributed by atoms with Gasteiger partial charge in [0.15, 0.2) is 0 Å². The molecule has 0 bridgehead atoms. The number of rotatable bonds is 9. The monoisotopic (exact) mass is 988 g/mol. The molecular weight excluding hydrogens is 961 g/mol. The molecule has 6 aromatic rings. The van der Waals surface area contributed by atoms with E-state index in [-0.39, 0.29) is 44.9 Å². The van der Waals surface area contributed by atoms with Gasteiger partial charge in [-0.05, 0) is 114 Å². The van der Waals surface area contributed by atoms with E-state index in [0.29, 0.717) is 54.6 Å². The number of ether oxygens (including phenoxy) is 2. The third kappa shape index (κ3) is 7.39. The number of anilines is 1. The van der Waals surface area contributed by atoms with Gasteiger partial charge in [-0.25, -0.2) is 4.90 Å². The van der Waals surface area contributed by atoms with Crippen LogP contribution < -0.4 is 14.4 Å². The molecule has 4 amide bonds. The fourth-order valence-electron chi connectivity index (χ4n) is 8.51. The van der Waals surface area contributed by atoms with Gasteiger partial charge in [0.05, 0.1) is 27.9 Å². The molecule has 6 aromatic carbocycles. The third-order valence-corrected chi connectivity index (χ3v) is 11.9. The van der Waals surface area contributed by atoms with E-state index in [1.165, 1.54) is 25.2 Å². The van der Waals surface area contributed by atoms with Crippen molar-refractivity contribution >= 4 is 29.3 Å². The quantitative estimate of drug-likeness (QED) is 0.108. The minimum Gasteiger partial charge on any atom is -0.508 e. The van der Waals surface area contributed by atoms with E-state index in [9.17, 15) is 82.1 Å². The van der Waals surface area contributed by atoms with Gasteiger partial charge in [-0.1, -0.05) is 42.5 Å². The van der Waals surface area contributed by atoms with Crippen molar-refractivity contribution in [2.45, 2.75) is 42.5 Å². The van der Waals surface area contributed by atoms with Crippen LogP contribution in [0, 0.1) is 6.92 Å². The summed E-state index contributed by atoms with van der Waals surface area (Å²) in [4.78, 5) is 52.9. The van der Waals surface area contributed by atoms with Crippen molar-refractivity contribution in [3.63, 3.8) is 0 Å². The van der Waals surface area contributed by atoms with Crippen LogP contribution in [0.2, 0.25) is 0 Å². The molecule has 0 atom stereocenters. The molecule has 0 radical (unpaired) electrons. The summed E-state index contributed by atoms with van der Waals surface area (Å²) in [6.07, 6.45) is -24.4. The Morgan fingerprint density at radius 2 is 0.743 bits per heavy atom. The predicted octanol–water partition coefficient (Wildman–Crippen LogP) is 11.8. The van der Waals surface area contributed by atoms with Crippen LogP contribution in [0.15, 0.2) is 121 Å². The maximum atomic E-state index is 15.0. The number of phenolic OH excluding ortho intramolecular Hbond substituents is 2. The second-order valence-electron chi connectivity index (χ2n) is 16.0. The molecule has 0 saturated heterocycles. The van der Waals surface area contributed by atoms with Crippen LogP contribution in [0.3, 0.4) is 0 Å². The fraction of sp³-hybridized carbons (Fsp3) is 0.167. The molecule has 2 aliphatic heterocycles. The van der Waals surface area contributed by atoms with Gasteiger partial charge in [-0.2, -0.15) is 52.7 Å². The molecule has 362 valence electrons. The van der Waals surface area contributed by atoms with Crippen molar-refractivity contribution in [2.75, 3.05) is 11.9 Å². The number of aromatic hydroxyl groups is 2. The van der Waals surface area contributed by atoms with Crippen LogP contribution in [0.5, 0.6) is 34.5 Å². The number of benzene rings is 6. The lowest BCUT2D eigenvalue weighted by atomic mass is 9.72. The Bertz CT molecular complexity index is 3120. The normalized spacial score (nSPS) is 14.6. The summed E-state index contributed by atoms with van der Waals surface area (Å²) in [5.74, 6) is -6.76. The standard InChI is InChI=1S/C48H28F12N2O8/c1-23-19-26(7-17-37(23)63)44(47(55,56)57,48(58,59)60)27-8-18-38(64)36(20-27)62-41(67)33-16-14-31(22-35(33)42(62)68)70-29-11-5-25(6-12-29)43(45(49,50)51,46(52,53)54)24-3-9-28(10-4-24)69-30-13-15-32-34(21-30)40(66)61(2)39(32)65/h3-22,63-64H,1-2H3. The largest absolute Gasteiger partial charge is 0.508 e. The number of hydrogen-bond donors (Lipinski definition) is 2. The molecule has 0 unspecified atom stereocenters. The van der Waals surface area contributed by atoms with Gasteiger partial charge in [0, 0.05) is 7.05 Å². The van der Waals surface area contributed by atoms with Gasteiger partial charge < -0.3 is 19.7 Å². The number of carbonyl (C=O) groups excluding carboxylic acids is 4. The molecular formula is C48H28F12N2O8. The number of amides is 4. The highest BCUT2D eigenvalue weighted by Crippen LogP contribution is 2.59. The highest BCUT2D eigenvalue weighted by molar-refractivity contribution is 6.35. The summed E-state index contributed by atoms with van der Waals surface area (Å²) in [5.41, 5.74) is -17.6. The number of nitrogens with zero attached hydrogens (tertiary/aromatic N) is 2. The summed E-state index contributed by atoms with van der Waals surface area (Å²) >= 11 is 0. The molecule has 70 heavy (non-hydrogen) atoms. The number of alkyl halides is 12. The van der Waals surface area contributed by atoms with Gasteiger partial charge >= 0.3 is 24.7 Å². The van der Waals surface area contributed by atoms with Crippen LogP contribution in [-0.4, -0.2) is 70.5 Å². The van der Waals surface area contributed by atoms with E-state index < -0.39 is 115 Å². The first-order valence-electron chi connectivity index (χ1n) is 20.0. The van der Waals surface area contributed by atoms with Crippen molar-refractivity contribution in [3.8, 4) is 34.5 Å². The molecule has 0 spiro atoms. The first kappa shape index (κ1) is 48.4. The van der Waals surface area contributed by atoms with Gasteiger partial charge in [0.2, 0.25) is 10.8 Å². The molecule has 22 heteroatoms. The number of carbonyl (C=O) groups is 4. The Kier molecular flexibility index (Phi) is 11.3. The van der Waals surface area contributed by atoms with Crippen LogP contribution in [0.4, 0.5) is 58.4 Å². The molecule has 2 aliphatic rings. The number of phenols is 2. The lowest BCUT2D eigenvalue weighted by Crippen LogP contribution is -2.54. The van der Waals surface area contributed by atoms with Gasteiger partial charge in [-0.3, -0.25) is 24.1 Å². The lowest BCUT2D eigenvalue weighted by Gasteiger charge is -2.39. The van der Waals surface area contributed by atoms with Gasteiger partial charge in [0.1, 0.15) is 34.5 Å². The van der Waals surface area contributed by atoms with E-state index in [2.05, 4.69) is 0 Å². The first-order chi connectivity index (χ1) is 32.5. The molecule has 2 heterocycles. The summed E-state index contributed by atoms with van der Waals surface area (Å²) in [7, 11) is 1.24. The SMILES string of the molecule is Cc1cc(C(c2ccc(O)c(N3C(=O)c4ccc(Oc5ccc(C(c6ccc(Oc7ccc8c(c7)C(=O)N(C)C8=O)cc6)(C(F)(F)F)C(F)(F)F)cc5)cc4C3=O)c2)(C(F)(F)F)C(F)(F)F)ccc1O. The smallest absolute Gasteiger partial charge is 0.411 e. The van der Waals surface area contributed by atoms with E-state index in [4.69, 9.17) is 9.47 Å². The summed E-state index contributed by atoms with van der Waals surface area (Å²) in [6, 6.07) is 14.0. The van der Waals surface area contributed by atoms with Crippen LogP contribution >= 0.6 is 0 Å². The Balaban J connectivity index is 1.08. The number of imide groups is 2.